The van der Waals surface area contributed by atoms with Gasteiger partial charge in [-0.15, -0.1) is 11.3 Å². The van der Waals surface area contributed by atoms with Gasteiger partial charge in [0.25, 0.3) is 0 Å². The first kappa shape index (κ1) is 15.5. The Hall–Kier alpha value is -1.87. The number of thiophene rings is 1. The second-order valence-corrected chi connectivity index (χ2v) is 6.26. The quantitative estimate of drug-likeness (QED) is 0.842. The molecular weight excluding hydrogens is 286 g/mol. The van der Waals surface area contributed by atoms with Crippen LogP contribution in [0.3, 0.4) is 0 Å². The fourth-order valence-corrected chi connectivity index (χ4v) is 3.43. The van der Waals surface area contributed by atoms with Crippen molar-refractivity contribution in [2.24, 2.45) is 5.92 Å². The van der Waals surface area contributed by atoms with Crippen LogP contribution in [0.15, 0.2) is 11.4 Å². The third-order valence-electron chi connectivity index (χ3n) is 3.91. The van der Waals surface area contributed by atoms with E-state index in [1.165, 1.54) is 17.8 Å². The first-order valence-electron chi connectivity index (χ1n) is 7.23. The number of carbonyl (C=O) groups excluding carboxylic acids is 2. The van der Waals surface area contributed by atoms with Crippen molar-refractivity contribution < 1.29 is 9.59 Å². The predicted molar refractivity (Wildman–Crippen MR) is 81.8 cm³/mol. The van der Waals surface area contributed by atoms with Crippen molar-refractivity contribution in [1.29, 1.82) is 5.26 Å². The highest BCUT2D eigenvalue weighted by atomic mass is 32.1. The van der Waals surface area contributed by atoms with Gasteiger partial charge in [0.05, 0.1) is 5.56 Å². The standard InChI is InChI=1S/C15H19N3O2S/c1-2-10-4-3-5-12(8-10)17-13(19)14(20)18-15-11(9-16)6-7-21-15/h6-7,10,12H,2-5,8H2,1H3,(H,17,19)(H,18,20)/t10-,12+/m0/s1. The van der Waals surface area contributed by atoms with E-state index in [2.05, 4.69) is 17.6 Å². The molecule has 1 aliphatic rings. The van der Waals surface area contributed by atoms with Gasteiger partial charge < -0.3 is 10.6 Å². The molecule has 1 aromatic rings. The lowest BCUT2D eigenvalue weighted by atomic mass is 9.84. The van der Waals surface area contributed by atoms with Crippen molar-refractivity contribution in [2.75, 3.05) is 5.32 Å². The lowest BCUT2D eigenvalue weighted by Gasteiger charge is -2.28. The van der Waals surface area contributed by atoms with Crippen molar-refractivity contribution in [1.82, 2.24) is 5.32 Å². The van der Waals surface area contributed by atoms with Crippen molar-refractivity contribution in [2.45, 2.75) is 45.1 Å². The van der Waals surface area contributed by atoms with Crippen LogP contribution in [0.4, 0.5) is 5.00 Å². The molecule has 0 radical (unpaired) electrons. The number of amides is 2. The lowest BCUT2D eigenvalue weighted by Crippen LogP contribution is -2.43. The topological polar surface area (TPSA) is 82.0 Å². The van der Waals surface area contributed by atoms with Crippen molar-refractivity contribution in [3.63, 3.8) is 0 Å². The Morgan fingerprint density at radius 1 is 1.43 bits per heavy atom. The summed E-state index contributed by atoms with van der Waals surface area (Å²) in [5, 5.41) is 16.3. The van der Waals surface area contributed by atoms with E-state index in [-0.39, 0.29) is 6.04 Å². The van der Waals surface area contributed by atoms with Crippen molar-refractivity contribution in [3.8, 4) is 6.07 Å². The van der Waals surface area contributed by atoms with E-state index in [0.29, 0.717) is 16.5 Å². The van der Waals surface area contributed by atoms with E-state index in [4.69, 9.17) is 5.26 Å². The molecule has 2 amide bonds. The maximum atomic E-state index is 11.9. The normalized spacial score (nSPS) is 21.3. The summed E-state index contributed by atoms with van der Waals surface area (Å²) in [6.45, 7) is 2.15. The van der Waals surface area contributed by atoms with Gasteiger partial charge in [0.2, 0.25) is 0 Å². The highest BCUT2D eigenvalue weighted by molar-refractivity contribution is 7.14. The van der Waals surface area contributed by atoms with Gasteiger partial charge in [0.15, 0.2) is 0 Å². The molecule has 1 aliphatic carbocycles. The molecule has 0 bridgehead atoms. The van der Waals surface area contributed by atoms with Crippen LogP contribution in [0.5, 0.6) is 0 Å². The van der Waals surface area contributed by atoms with Crippen molar-refractivity contribution in [3.05, 3.63) is 17.0 Å². The van der Waals surface area contributed by atoms with Gasteiger partial charge in [-0.05, 0) is 30.2 Å². The Balaban J connectivity index is 1.88. The fourth-order valence-electron chi connectivity index (χ4n) is 2.70. The molecule has 112 valence electrons. The molecule has 6 heteroatoms. The molecule has 2 N–H and O–H groups in total. The average Bonchev–Trinajstić information content (AvgIpc) is 2.94. The zero-order chi connectivity index (χ0) is 15.2. The second-order valence-electron chi connectivity index (χ2n) is 5.34. The Bertz CT molecular complexity index is 562. The van der Waals surface area contributed by atoms with Gasteiger partial charge in [-0.3, -0.25) is 9.59 Å². The van der Waals surface area contributed by atoms with E-state index >= 15 is 0 Å². The highest BCUT2D eigenvalue weighted by Crippen LogP contribution is 2.26. The van der Waals surface area contributed by atoms with E-state index in [9.17, 15) is 9.59 Å². The number of carbonyl (C=O) groups is 2. The Labute approximate surface area is 128 Å². The van der Waals surface area contributed by atoms with Gasteiger partial charge in [0.1, 0.15) is 11.1 Å². The SMILES string of the molecule is CC[C@H]1CCC[C@@H](NC(=O)C(=O)Nc2sccc2C#N)C1. The lowest BCUT2D eigenvalue weighted by molar-refractivity contribution is -0.136. The summed E-state index contributed by atoms with van der Waals surface area (Å²) < 4.78 is 0. The smallest absolute Gasteiger partial charge is 0.314 e. The minimum atomic E-state index is -0.701. The van der Waals surface area contributed by atoms with Crippen LogP contribution in [-0.4, -0.2) is 17.9 Å². The largest absolute Gasteiger partial charge is 0.345 e. The molecule has 1 saturated carbocycles. The van der Waals surface area contributed by atoms with Gasteiger partial charge in [0, 0.05) is 6.04 Å². The molecule has 0 aliphatic heterocycles. The zero-order valence-electron chi connectivity index (χ0n) is 12.0. The predicted octanol–water partition coefficient (Wildman–Crippen LogP) is 2.64. The van der Waals surface area contributed by atoms with E-state index < -0.39 is 11.8 Å². The number of nitrogens with zero attached hydrogens (tertiary/aromatic N) is 1. The molecular formula is C15H19N3O2S. The Kier molecular flexibility index (Phi) is 5.34. The summed E-state index contributed by atoms with van der Waals surface area (Å²) in [4.78, 5) is 23.8. The number of hydrogen-bond donors (Lipinski definition) is 2. The first-order valence-corrected chi connectivity index (χ1v) is 8.11. The Morgan fingerprint density at radius 2 is 2.24 bits per heavy atom. The summed E-state index contributed by atoms with van der Waals surface area (Å²) in [6, 6.07) is 3.68. The van der Waals surface area contributed by atoms with Gasteiger partial charge in [-0.1, -0.05) is 26.2 Å². The van der Waals surface area contributed by atoms with Crippen LogP contribution < -0.4 is 10.6 Å². The molecule has 0 saturated heterocycles. The van der Waals surface area contributed by atoms with Crippen LogP contribution in [0.2, 0.25) is 0 Å². The number of anilines is 1. The van der Waals surface area contributed by atoms with Crippen LogP contribution >= 0.6 is 11.3 Å². The molecule has 0 unspecified atom stereocenters. The number of hydrogen-bond acceptors (Lipinski definition) is 4. The molecule has 1 heterocycles. The zero-order valence-corrected chi connectivity index (χ0v) is 12.8. The maximum Gasteiger partial charge on any atom is 0.314 e. The first-order chi connectivity index (χ1) is 10.1. The maximum absolute atomic E-state index is 11.9. The van der Waals surface area contributed by atoms with Gasteiger partial charge in [-0.2, -0.15) is 5.26 Å². The summed E-state index contributed by atoms with van der Waals surface area (Å²) >= 11 is 1.24. The molecule has 5 nitrogen and oxygen atoms in total. The van der Waals surface area contributed by atoms with Crippen LogP contribution in [0.25, 0.3) is 0 Å². The molecule has 1 aromatic heterocycles. The average molecular weight is 305 g/mol. The van der Waals surface area contributed by atoms with Gasteiger partial charge in [-0.25, -0.2) is 0 Å². The minimum Gasteiger partial charge on any atom is -0.345 e. The molecule has 2 rings (SSSR count). The number of nitriles is 1. The highest BCUT2D eigenvalue weighted by Gasteiger charge is 2.25. The second kappa shape index (κ2) is 7.23. The monoisotopic (exact) mass is 305 g/mol. The molecule has 0 aromatic carbocycles. The molecule has 1 fully saturated rings. The van der Waals surface area contributed by atoms with E-state index in [0.717, 1.165) is 25.7 Å². The van der Waals surface area contributed by atoms with Gasteiger partial charge >= 0.3 is 11.8 Å². The number of nitrogens with one attached hydrogen (secondary N) is 2. The van der Waals surface area contributed by atoms with E-state index in [1.54, 1.807) is 11.4 Å². The van der Waals surface area contributed by atoms with Crippen LogP contribution in [-0.2, 0) is 9.59 Å². The Morgan fingerprint density at radius 3 is 2.95 bits per heavy atom. The summed E-state index contributed by atoms with van der Waals surface area (Å²) in [7, 11) is 0. The summed E-state index contributed by atoms with van der Waals surface area (Å²) in [5.74, 6) is -0.684. The third-order valence-corrected chi connectivity index (χ3v) is 4.74. The fraction of sp³-hybridized carbons (Fsp3) is 0.533. The summed E-state index contributed by atoms with van der Waals surface area (Å²) in [6.07, 6.45) is 5.28. The van der Waals surface area contributed by atoms with E-state index in [1.807, 2.05) is 6.07 Å². The molecule has 2 atom stereocenters. The molecule has 21 heavy (non-hydrogen) atoms. The van der Waals surface area contributed by atoms with Crippen LogP contribution in [0, 0.1) is 17.2 Å². The van der Waals surface area contributed by atoms with Crippen molar-refractivity contribution >= 4 is 28.2 Å². The minimum absolute atomic E-state index is 0.0840. The third kappa shape index (κ3) is 4.05. The van der Waals surface area contributed by atoms with Crippen LogP contribution in [0.1, 0.15) is 44.6 Å². The molecule has 0 spiro atoms. The number of rotatable bonds is 3. The summed E-state index contributed by atoms with van der Waals surface area (Å²) in [5.41, 5.74) is 0.380.